The summed E-state index contributed by atoms with van der Waals surface area (Å²) < 4.78 is 7.59. The second kappa shape index (κ2) is 5.78. The van der Waals surface area contributed by atoms with Gasteiger partial charge in [-0.25, -0.2) is 0 Å². The zero-order valence-corrected chi connectivity index (χ0v) is 13.4. The van der Waals surface area contributed by atoms with Crippen molar-refractivity contribution in [3.05, 3.63) is 40.1 Å². The van der Waals surface area contributed by atoms with Crippen molar-refractivity contribution in [2.24, 2.45) is 0 Å². The highest BCUT2D eigenvalue weighted by atomic mass is 35.5. The maximum absolute atomic E-state index is 6.21. The molecule has 1 aromatic heterocycles. The molecule has 1 aliphatic rings. The average Bonchev–Trinajstić information content (AvgIpc) is 2.88. The minimum atomic E-state index is 0.120. The van der Waals surface area contributed by atoms with E-state index in [0.717, 1.165) is 23.4 Å². The van der Waals surface area contributed by atoms with Gasteiger partial charge in [-0.1, -0.05) is 23.2 Å². The number of ether oxygens (including phenoxy) is 1. The third-order valence-corrected chi connectivity index (χ3v) is 4.04. The molecule has 0 spiro atoms. The van der Waals surface area contributed by atoms with Gasteiger partial charge in [0.15, 0.2) is 0 Å². The lowest BCUT2D eigenvalue weighted by atomic mass is 10.0. The van der Waals surface area contributed by atoms with Crippen LogP contribution >= 0.6 is 23.2 Å². The van der Waals surface area contributed by atoms with Gasteiger partial charge in [-0.15, -0.1) is 0 Å². The summed E-state index contributed by atoms with van der Waals surface area (Å²) in [6.45, 7) is 4.82. The molecule has 2 aromatic rings. The molecule has 112 valence electrons. The van der Waals surface area contributed by atoms with Crippen LogP contribution in [0.2, 0.25) is 10.0 Å². The van der Waals surface area contributed by atoms with Crippen LogP contribution in [0.5, 0.6) is 5.75 Å². The lowest BCUT2D eigenvalue weighted by Crippen LogP contribution is -2.20. The van der Waals surface area contributed by atoms with Crippen molar-refractivity contribution < 1.29 is 4.74 Å². The van der Waals surface area contributed by atoms with Crippen LogP contribution in [0.4, 0.5) is 5.69 Å². The molecule has 0 amide bonds. The van der Waals surface area contributed by atoms with Crippen molar-refractivity contribution in [1.29, 1.82) is 0 Å². The second-order valence-electron chi connectivity index (χ2n) is 5.44. The predicted molar refractivity (Wildman–Crippen MR) is 85.5 cm³/mol. The lowest BCUT2D eigenvalue weighted by molar-refractivity contribution is 0.274. The Bertz CT molecular complexity index is 654. The Hall–Kier alpha value is -1.39. The molecule has 0 saturated heterocycles. The van der Waals surface area contributed by atoms with Crippen LogP contribution in [0.15, 0.2) is 24.5 Å². The molecule has 0 radical (unpaired) electrons. The fourth-order valence-electron chi connectivity index (χ4n) is 2.47. The molecule has 1 aliphatic heterocycles. The normalized spacial score (nSPS) is 17.5. The van der Waals surface area contributed by atoms with E-state index >= 15 is 0 Å². The minimum Gasteiger partial charge on any atom is -0.492 e. The first-order valence-corrected chi connectivity index (χ1v) is 7.72. The number of nitrogens with one attached hydrogen (secondary N) is 1. The van der Waals surface area contributed by atoms with Crippen LogP contribution in [-0.4, -0.2) is 16.4 Å². The van der Waals surface area contributed by atoms with E-state index in [-0.39, 0.29) is 6.04 Å². The van der Waals surface area contributed by atoms with Crippen molar-refractivity contribution in [3.8, 4) is 5.75 Å². The van der Waals surface area contributed by atoms with Crippen molar-refractivity contribution in [1.82, 2.24) is 9.78 Å². The van der Waals surface area contributed by atoms with Gasteiger partial charge in [0.1, 0.15) is 5.75 Å². The highest BCUT2D eigenvalue weighted by Gasteiger charge is 2.24. The number of halogens is 2. The molecule has 6 heteroatoms. The third kappa shape index (κ3) is 2.97. The fraction of sp³-hybridized carbons (Fsp3) is 0.400. The Morgan fingerprint density at radius 1 is 1.38 bits per heavy atom. The van der Waals surface area contributed by atoms with Crippen LogP contribution in [-0.2, 0) is 0 Å². The molecule has 21 heavy (non-hydrogen) atoms. The largest absolute Gasteiger partial charge is 0.492 e. The quantitative estimate of drug-likeness (QED) is 0.888. The molecule has 3 rings (SSSR count). The molecule has 1 unspecified atom stereocenters. The van der Waals surface area contributed by atoms with E-state index in [1.165, 1.54) is 0 Å². The van der Waals surface area contributed by atoms with Gasteiger partial charge >= 0.3 is 0 Å². The highest BCUT2D eigenvalue weighted by molar-refractivity contribution is 6.35. The van der Waals surface area contributed by atoms with Crippen molar-refractivity contribution in [3.63, 3.8) is 0 Å². The summed E-state index contributed by atoms with van der Waals surface area (Å²) in [6.07, 6.45) is 4.70. The van der Waals surface area contributed by atoms with E-state index < -0.39 is 0 Å². The Morgan fingerprint density at radius 2 is 2.19 bits per heavy atom. The minimum absolute atomic E-state index is 0.120. The number of hydrogen-bond acceptors (Lipinski definition) is 3. The summed E-state index contributed by atoms with van der Waals surface area (Å²) in [5.74, 6) is 0.723. The summed E-state index contributed by atoms with van der Waals surface area (Å²) in [6, 6.07) is 4.08. The van der Waals surface area contributed by atoms with Gasteiger partial charge in [-0.05, 0) is 26.0 Å². The van der Waals surface area contributed by atoms with Crippen molar-refractivity contribution >= 4 is 28.9 Å². The molecular weight excluding hydrogens is 309 g/mol. The van der Waals surface area contributed by atoms with Crippen molar-refractivity contribution in [2.75, 3.05) is 11.9 Å². The third-order valence-electron chi connectivity index (χ3n) is 3.54. The number of rotatable bonds is 3. The van der Waals surface area contributed by atoms with Gasteiger partial charge in [0, 0.05) is 29.2 Å². The van der Waals surface area contributed by atoms with E-state index in [9.17, 15) is 0 Å². The molecule has 4 nitrogen and oxygen atoms in total. The zero-order valence-electron chi connectivity index (χ0n) is 11.9. The summed E-state index contributed by atoms with van der Waals surface area (Å²) >= 11 is 12.3. The zero-order chi connectivity index (χ0) is 15.0. The van der Waals surface area contributed by atoms with E-state index in [4.69, 9.17) is 27.9 Å². The van der Waals surface area contributed by atoms with E-state index in [1.807, 2.05) is 23.1 Å². The van der Waals surface area contributed by atoms with E-state index in [1.54, 1.807) is 6.07 Å². The van der Waals surface area contributed by atoms with E-state index in [2.05, 4.69) is 24.3 Å². The number of hydrogen-bond donors (Lipinski definition) is 1. The number of nitrogens with zero attached hydrogens (tertiary/aromatic N) is 2. The first kappa shape index (κ1) is 14.5. The SMILES string of the molecule is CC(C)n1cc(NC2CCOc3c(Cl)cc(Cl)cc32)cn1. The van der Waals surface area contributed by atoms with Gasteiger partial charge in [-0.2, -0.15) is 5.10 Å². The summed E-state index contributed by atoms with van der Waals surface area (Å²) in [5, 5.41) is 9.01. The topological polar surface area (TPSA) is 39.1 Å². The summed E-state index contributed by atoms with van der Waals surface area (Å²) in [5.41, 5.74) is 1.98. The molecular formula is C15H17Cl2N3O. The summed E-state index contributed by atoms with van der Waals surface area (Å²) in [4.78, 5) is 0. The first-order valence-electron chi connectivity index (χ1n) is 6.97. The maximum atomic E-state index is 6.21. The van der Waals surface area contributed by atoms with Crippen LogP contribution < -0.4 is 10.1 Å². The van der Waals surface area contributed by atoms with Gasteiger partial charge in [0.25, 0.3) is 0 Å². The second-order valence-corrected chi connectivity index (χ2v) is 6.29. The van der Waals surface area contributed by atoms with Gasteiger partial charge in [-0.3, -0.25) is 4.68 Å². The maximum Gasteiger partial charge on any atom is 0.143 e. The molecule has 0 aliphatic carbocycles. The standard InChI is InChI=1S/C15H17Cl2N3O/c1-9(2)20-8-11(7-18-20)19-14-3-4-21-15-12(14)5-10(16)6-13(15)17/h5-9,14,19H,3-4H2,1-2H3. The van der Waals surface area contributed by atoms with Crippen LogP contribution in [0, 0.1) is 0 Å². The number of aromatic nitrogens is 2. The first-order chi connectivity index (χ1) is 10.0. The molecule has 2 heterocycles. The van der Waals surface area contributed by atoms with Gasteiger partial charge < -0.3 is 10.1 Å². The number of anilines is 1. The molecule has 0 saturated carbocycles. The Kier molecular flexibility index (Phi) is 4.00. The number of fused-ring (bicyclic) bond motifs is 1. The Labute approximate surface area is 134 Å². The molecule has 1 atom stereocenters. The van der Waals surface area contributed by atoms with Crippen LogP contribution in [0.1, 0.15) is 37.9 Å². The molecule has 1 N–H and O–H groups in total. The smallest absolute Gasteiger partial charge is 0.143 e. The summed E-state index contributed by atoms with van der Waals surface area (Å²) in [7, 11) is 0. The van der Waals surface area contributed by atoms with Crippen LogP contribution in [0.3, 0.4) is 0 Å². The molecule has 0 bridgehead atoms. The lowest BCUT2D eigenvalue weighted by Gasteiger charge is -2.27. The van der Waals surface area contributed by atoms with Gasteiger partial charge in [0.05, 0.1) is 29.6 Å². The Morgan fingerprint density at radius 3 is 2.90 bits per heavy atom. The monoisotopic (exact) mass is 325 g/mol. The van der Waals surface area contributed by atoms with Crippen LogP contribution in [0.25, 0.3) is 0 Å². The average molecular weight is 326 g/mol. The van der Waals surface area contributed by atoms with E-state index in [0.29, 0.717) is 22.7 Å². The number of benzene rings is 1. The Balaban J connectivity index is 1.87. The highest BCUT2D eigenvalue weighted by Crippen LogP contribution is 2.41. The molecule has 1 aromatic carbocycles. The van der Waals surface area contributed by atoms with Gasteiger partial charge in [0.2, 0.25) is 0 Å². The molecule has 0 fully saturated rings. The fourth-order valence-corrected chi connectivity index (χ4v) is 3.04. The van der Waals surface area contributed by atoms with Crippen molar-refractivity contribution in [2.45, 2.75) is 32.4 Å². The predicted octanol–water partition coefficient (Wildman–Crippen LogP) is 4.71.